The highest BCUT2D eigenvalue weighted by molar-refractivity contribution is 14.0. The van der Waals surface area contributed by atoms with Gasteiger partial charge < -0.3 is 20.4 Å². The first-order valence-electron chi connectivity index (χ1n) is 11.0. The van der Waals surface area contributed by atoms with Gasteiger partial charge in [-0.3, -0.25) is 0 Å². The highest BCUT2D eigenvalue weighted by Gasteiger charge is 2.21. The van der Waals surface area contributed by atoms with Gasteiger partial charge in [0.1, 0.15) is 5.82 Å². The van der Waals surface area contributed by atoms with Crippen molar-refractivity contribution >= 4 is 41.4 Å². The predicted molar refractivity (Wildman–Crippen MR) is 143 cm³/mol. The second-order valence-electron chi connectivity index (χ2n) is 8.24. The van der Waals surface area contributed by atoms with Crippen LogP contribution in [0.5, 0.6) is 0 Å². The van der Waals surface area contributed by atoms with E-state index in [0.29, 0.717) is 12.6 Å². The molecule has 0 atom stereocenters. The molecule has 1 aliphatic heterocycles. The third-order valence-electron chi connectivity index (χ3n) is 5.63. The Bertz CT molecular complexity index is 859. The Morgan fingerprint density at radius 1 is 1.16 bits per heavy atom. The Morgan fingerprint density at radius 3 is 2.52 bits per heavy atom. The molecule has 1 aromatic carbocycles. The van der Waals surface area contributed by atoms with Gasteiger partial charge in [-0.2, -0.15) is 0 Å². The zero-order chi connectivity index (χ0) is 21.5. The van der Waals surface area contributed by atoms with E-state index in [1.54, 1.807) is 0 Å². The van der Waals surface area contributed by atoms with Gasteiger partial charge in [-0.05, 0) is 69.0 Å². The summed E-state index contributed by atoms with van der Waals surface area (Å²) in [4.78, 5) is 14.0. The number of hydrogen-bond donors (Lipinski definition) is 2. The van der Waals surface area contributed by atoms with Crippen LogP contribution in [0.4, 0.5) is 11.5 Å². The van der Waals surface area contributed by atoms with Gasteiger partial charge >= 0.3 is 0 Å². The molecule has 1 fully saturated rings. The van der Waals surface area contributed by atoms with E-state index < -0.39 is 0 Å². The van der Waals surface area contributed by atoms with Gasteiger partial charge in [-0.25, -0.2) is 9.98 Å². The van der Waals surface area contributed by atoms with E-state index in [1.807, 2.05) is 13.0 Å². The van der Waals surface area contributed by atoms with Crippen LogP contribution in [0.25, 0.3) is 0 Å². The van der Waals surface area contributed by atoms with Gasteiger partial charge in [-0.1, -0.05) is 12.1 Å². The van der Waals surface area contributed by atoms with E-state index in [9.17, 15) is 0 Å². The molecule has 7 heteroatoms. The van der Waals surface area contributed by atoms with Gasteiger partial charge in [0, 0.05) is 51.2 Å². The second-order valence-corrected chi connectivity index (χ2v) is 8.24. The molecular formula is C24H37IN6. The molecule has 1 saturated heterocycles. The number of aliphatic imine (C=N–C) groups is 1. The van der Waals surface area contributed by atoms with Crippen molar-refractivity contribution < 1.29 is 0 Å². The summed E-state index contributed by atoms with van der Waals surface area (Å²) < 4.78 is 0. The lowest BCUT2D eigenvalue weighted by molar-refractivity contribution is 0.459. The number of halogens is 1. The molecule has 0 unspecified atom stereocenters. The molecule has 2 N–H and O–H groups in total. The van der Waals surface area contributed by atoms with Gasteiger partial charge in [0.2, 0.25) is 0 Å². The Kier molecular flexibility index (Phi) is 9.87. The first-order chi connectivity index (χ1) is 14.5. The quantitative estimate of drug-likeness (QED) is 0.331. The number of pyridine rings is 1. The number of benzene rings is 1. The van der Waals surface area contributed by atoms with Gasteiger partial charge in [0.15, 0.2) is 5.96 Å². The van der Waals surface area contributed by atoms with Crippen molar-refractivity contribution in [1.82, 2.24) is 15.6 Å². The lowest BCUT2D eigenvalue weighted by Crippen LogP contribution is -2.48. The topological polar surface area (TPSA) is 55.8 Å². The van der Waals surface area contributed by atoms with Gasteiger partial charge in [-0.15, -0.1) is 24.0 Å². The van der Waals surface area contributed by atoms with E-state index >= 15 is 0 Å². The van der Waals surface area contributed by atoms with Crippen molar-refractivity contribution in [3.63, 3.8) is 0 Å². The number of nitrogens with zero attached hydrogens (tertiary/aromatic N) is 4. The summed E-state index contributed by atoms with van der Waals surface area (Å²) in [6.45, 7) is 9.88. The monoisotopic (exact) mass is 536 g/mol. The number of nitrogens with one attached hydrogen (secondary N) is 2. The molecule has 0 aliphatic carbocycles. The summed E-state index contributed by atoms with van der Waals surface area (Å²) in [5.74, 6) is 1.99. The molecule has 1 aromatic heterocycles. The average molecular weight is 537 g/mol. The lowest BCUT2D eigenvalue weighted by atomic mass is 10.1. The highest BCUT2D eigenvalue weighted by Crippen LogP contribution is 2.19. The molecule has 2 aromatic rings. The van der Waals surface area contributed by atoms with E-state index in [1.165, 1.54) is 16.8 Å². The fraction of sp³-hybridized carbons (Fsp3) is 0.500. The van der Waals surface area contributed by atoms with Crippen LogP contribution in [0, 0.1) is 13.8 Å². The number of piperidine rings is 1. The van der Waals surface area contributed by atoms with E-state index in [0.717, 1.165) is 49.9 Å². The zero-order valence-electron chi connectivity index (χ0n) is 19.5. The van der Waals surface area contributed by atoms with Crippen LogP contribution >= 0.6 is 24.0 Å². The molecule has 0 amide bonds. The van der Waals surface area contributed by atoms with Crippen LogP contribution in [0.3, 0.4) is 0 Å². The summed E-state index contributed by atoms with van der Waals surface area (Å²) in [6, 6.07) is 13.2. The number of aryl methyl sites for hydroxylation is 2. The molecule has 0 spiro atoms. The highest BCUT2D eigenvalue weighted by atomic mass is 127. The van der Waals surface area contributed by atoms with Crippen molar-refractivity contribution in [3.8, 4) is 0 Å². The van der Waals surface area contributed by atoms with Crippen LogP contribution < -0.4 is 20.4 Å². The summed E-state index contributed by atoms with van der Waals surface area (Å²) >= 11 is 0. The number of aromatic nitrogens is 1. The van der Waals surface area contributed by atoms with E-state index in [2.05, 4.69) is 83.7 Å². The average Bonchev–Trinajstić information content (AvgIpc) is 2.73. The molecule has 2 heterocycles. The lowest BCUT2D eigenvalue weighted by Gasteiger charge is -2.34. The maximum Gasteiger partial charge on any atom is 0.191 e. The number of anilines is 2. The molecule has 31 heavy (non-hydrogen) atoms. The number of rotatable bonds is 6. The number of hydrogen-bond acceptors (Lipinski definition) is 4. The zero-order valence-corrected chi connectivity index (χ0v) is 21.8. The second kappa shape index (κ2) is 12.1. The Hall–Kier alpha value is -2.03. The van der Waals surface area contributed by atoms with Crippen LogP contribution in [-0.4, -0.2) is 50.7 Å². The van der Waals surface area contributed by atoms with Crippen LogP contribution in [0.1, 0.15) is 36.6 Å². The van der Waals surface area contributed by atoms with Crippen LogP contribution in [-0.2, 0) is 6.54 Å². The summed E-state index contributed by atoms with van der Waals surface area (Å²) in [5, 5.41) is 7.05. The minimum atomic E-state index is 0. The maximum absolute atomic E-state index is 4.86. The minimum Gasteiger partial charge on any atom is -0.378 e. The Morgan fingerprint density at radius 2 is 1.90 bits per heavy atom. The molecule has 1 aliphatic rings. The third-order valence-corrected chi connectivity index (χ3v) is 5.63. The molecule has 0 bridgehead atoms. The Balaban J connectivity index is 0.00000341. The fourth-order valence-electron chi connectivity index (χ4n) is 3.77. The largest absolute Gasteiger partial charge is 0.378 e. The van der Waals surface area contributed by atoms with Crippen molar-refractivity contribution in [1.29, 1.82) is 0 Å². The molecule has 3 rings (SSSR count). The standard InChI is InChI=1S/C24H36N6.HI/c1-6-25-24(26-17-20-10-11-22(29(4)5)16-18(20)2)28-21-12-14-30(15-13-21)23-9-7-8-19(3)27-23;/h7-11,16,21H,6,12-15,17H2,1-5H3,(H2,25,26,28);1H. The van der Waals surface area contributed by atoms with Gasteiger partial charge in [0.05, 0.1) is 6.54 Å². The summed E-state index contributed by atoms with van der Waals surface area (Å²) in [6.07, 6.45) is 2.16. The minimum absolute atomic E-state index is 0. The maximum atomic E-state index is 4.86. The first kappa shape index (κ1) is 25.2. The van der Waals surface area contributed by atoms with Gasteiger partial charge in [0.25, 0.3) is 0 Å². The SMILES string of the molecule is CCNC(=NCc1ccc(N(C)C)cc1C)NC1CCN(c2cccc(C)n2)CC1.I. The third kappa shape index (κ3) is 7.26. The van der Waals surface area contributed by atoms with Crippen LogP contribution in [0.2, 0.25) is 0 Å². The van der Waals surface area contributed by atoms with E-state index in [4.69, 9.17) is 4.99 Å². The molecule has 0 saturated carbocycles. The summed E-state index contributed by atoms with van der Waals surface area (Å²) in [7, 11) is 4.14. The van der Waals surface area contributed by atoms with Crippen molar-refractivity contribution in [3.05, 3.63) is 53.2 Å². The smallest absolute Gasteiger partial charge is 0.191 e. The predicted octanol–water partition coefficient (Wildman–Crippen LogP) is 4.11. The fourth-order valence-corrected chi connectivity index (χ4v) is 3.77. The van der Waals surface area contributed by atoms with Crippen LogP contribution in [0.15, 0.2) is 41.4 Å². The van der Waals surface area contributed by atoms with E-state index in [-0.39, 0.29) is 24.0 Å². The molecule has 6 nitrogen and oxygen atoms in total. The Labute approximate surface area is 204 Å². The number of guanidine groups is 1. The van der Waals surface area contributed by atoms with Crippen molar-refractivity contribution in [2.24, 2.45) is 4.99 Å². The molecule has 0 radical (unpaired) electrons. The van der Waals surface area contributed by atoms with Crippen molar-refractivity contribution in [2.75, 3.05) is 43.5 Å². The first-order valence-corrected chi connectivity index (χ1v) is 11.0. The normalized spacial score (nSPS) is 14.7. The molecular weight excluding hydrogens is 499 g/mol. The summed E-state index contributed by atoms with van der Waals surface area (Å²) in [5.41, 5.74) is 4.83. The van der Waals surface area contributed by atoms with Crippen molar-refractivity contribution in [2.45, 2.75) is 46.2 Å². The molecule has 170 valence electrons.